The second-order valence-electron chi connectivity index (χ2n) is 6.10. The van der Waals surface area contributed by atoms with Crippen LogP contribution in [0.15, 0.2) is 48.8 Å². The van der Waals surface area contributed by atoms with Crippen molar-refractivity contribution in [1.82, 2.24) is 14.8 Å². The molecule has 1 fully saturated rings. The summed E-state index contributed by atoms with van der Waals surface area (Å²) in [6, 6.07) is 10.1. The zero-order valence-corrected chi connectivity index (χ0v) is 13.7. The van der Waals surface area contributed by atoms with E-state index < -0.39 is 6.36 Å². The van der Waals surface area contributed by atoms with Gasteiger partial charge in [-0.05, 0) is 35.4 Å². The molecule has 2 heterocycles. The van der Waals surface area contributed by atoms with Crippen molar-refractivity contribution in [2.45, 2.75) is 19.5 Å². The van der Waals surface area contributed by atoms with E-state index >= 15 is 0 Å². The largest absolute Gasteiger partial charge is 0.573 e. The van der Waals surface area contributed by atoms with Crippen molar-refractivity contribution in [3.05, 3.63) is 59.9 Å². The highest BCUT2D eigenvalue weighted by Gasteiger charge is 2.31. The van der Waals surface area contributed by atoms with E-state index in [0.717, 1.165) is 44.8 Å². The number of hydrogen-bond donors (Lipinski definition) is 0. The molecule has 0 atom stereocenters. The lowest BCUT2D eigenvalue weighted by Crippen LogP contribution is -2.45. The van der Waals surface area contributed by atoms with Gasteiger partial charge in [-0.25, -0.2) is 0 Å². The average Bonchev–Trinajstić information content (AvgIpc) is 2.58. The summed E-state index contributed by atoms with van der Waals surface area (Å²) in [7, 11) is 0. The molecule has 0 spiro atoms. The number of hydrogen-bond acceptors (Lipinski definition) is 4. The molecule has 1 aliphatic heterocycles. The minimum absolute atomic E-state index is 0.182. The van der Waals surface area contributed by atoms with Gasteiger partial charge in [0.05, 0.1) is 0 Å². The molecular weight excluding hydrogens is 331 g/mol. The van der Waals surface area contributed by atoms with Crippen LogP contribution in [0.2, 0.25) is 0 Å². The monoisotopic (exact) mass is 351 g/mol. The Morgan fingerprint density at radius 2 is 1.28 bits per heavy atom. The molecule has 0 amide bonds. The quantitative estimate of drug-likeness (QED) is 0.826. The lowest BCUT2D eigenvalue weighted by atomic mass is 10.2. The fraction of sp³-hybridized carbons (Fsp3) is 0.389. The molecular formula is C18H20F3N3O. The molecule has 0 N–H and O–H groups in total. The lowest BCUT2D eigenvalue weighted by Gasteiger charge is -2.34. The van der Waals surface area contributed by atoms with Gasteiger partial charge in [0, 0.05) is 51.7 Å². The van der Waals surface area contributed by atoms with Gasteiger partial charge in [0.2, 0.25) is 0 Å². The molecule has 0 aliphatic carbocycles. The third-order valence-corrected chi connectivity index (χ3v) is 4.18. The van der Waals surface area contributed by atoms with Gasteiger partial charge in [-0.1, -0.05) is 12.1 Å². The van der Waals surface area contributed by atoms with E-state index in [1.54, 1.807) is 24.5 Å². The Morgan fingerprint density at radius 3 is 1.76 bits per heavy atom. The molecule has 1 saturated heterocycles. The average molecular weight is 351 g/mol. The normalized spacial score (nSPS) is 16.8. The first-order valence-electron chi connectivity index (χ1n) is 8.16. The summed E-state index contributed by atoms with van der Waals surface area (Å²) in [4.78, 5) is 8.73. The second-order valence-corrected chi connectivity index (χ2v) is 6.10. The van der Waals surface area contributed by atoms with Crippen LogP contribution in [0, 0.1) is 0 Å². The molecule has 0 unspecified atom stereocenters. The number of alkyl halides is 3. The fourth-order valence-electron chi connectivity index (χ4n) is 2.91. The summed E-state index contributed by atoms with van der Waals surface area (Å²) in [5, 5.41) is 0. The van der Waals surface area contributed by atoms with E-state index in [9.17, 15) is 13.2 Å². The smallest absolute Gasteiger partial charge is 0.406 e. The summed E-state index contributed by atoms with van der Waals surface area (Å²) in [5.41, 5.74) is 2.24. The zero-order valence-electron chi connectivity index (χ0n) is 13.7. The van der Waals surface area contributed by atoms with Crippen molar-refractivity contribution >= 4 is 0 Å². The number of halogens is 3. The van der Waals surface area contributed by atoms with Gasteiger partial charge in [0.25, 0.3) is 0 Å². The molecule has 2 aromatic rings. The van der Waals surface area contributed by atoms with Crippen molar-refractivity contribution in [3.8, 4) is 5.75 Å². The molecule has 1 aromatic heterocycles. The highest BCUT2D eigenvalue weighted by Crippen LogP contribution is 2.23. The first-order valence-corrected chi connectivity index (χ1v) is 8.16. The number of pyridine rings is 1. The molecule has 134 valence electrons. The fourth-order valence-corrected chi connectivity index (χ4v) is 2.91. The Kier molecular flexibility index (Phi) is 5.55. The van der Waals surface area contributed by atoms with Gasteiger partial charge in [0.1, 0.15) is 5.75 Å². The highest BCUT2D eigenvalue weighted by atomic mass is 19.4. The van der Waals surface area contributed by atoms with Crippen LogP contribution in [0.25, 0.3) is 0 Å². The number of aromatic nitrogens is 1. The lowest BCUT2D eigenvalue weighted by molar-refractivity contribution is -0.274. The van der Waals surface area contributed by atoms with E-state index in [4.69, 9.17) is 0 Å². The number of nitrogens with zero attached hydrogens (tertiary/aromatic N) is 3. The highest BCUT2D eigenvalue weighted by molar-refractivity contribution is 5.27. The molecule has 1 aromatic carbocycles. The Labute approximate surface area is 144 Å². The van der Waals surface area contributed by atoms with E-state index in [1.165, 1.54) is 17.7 Å². The number of piperazine rings is 1. The van der Waals surface area contributed by atoms with E-state index in [-0.39, 0.29) is 5.75 Å². The first kappa shape index (κ1) is 17.7. The Bertz CT molecular complexity index is 654. The van der Waals surface area contributed by atoms with Crippen LogP contribution in [0.1, 0.15) is 11.1 Å². The predicted molar refractivity (Wildman–Crippen MR) is 87.9 cm³/mol. The van der Waals surface area contributed by atoms with Gasteiger partial charge >= 0.3 is 6.36 Å². The summed E-state index contributed by atoms with van der Waals surface area (Å²) in [6.07, 6.45) is -1.04. The Hall–Kier alpha value is -2.12. The van der Waals surface area contributed by atoms with E-state index in [2.05, 4.69) is 19.5 Å². The standard InChI is InChI=1S/C18H20F3N3O/c19-18(20,21)25-17-3-1-15(2-4-17)13-23-9-11-24(12-10-23)14-16-5-7-22-8-6-16/h1-8H,9-14H2. The molecule has 0 saturated carbocycles. The van der Waals surface area contributed by atoms with Crippen LogP contribution in [-0.4, -0.2) is 47.3 Å². The molecule has 3 rings (SSSR count). The maximum Gasteiger partial charge on any atom is 0.573 e. The second kappa shape index (κ2) is 7.84. The molecule has 1 aliphatic rings. The van der Waals surface area contributed by atoms with Crippen LogP contribution < -0.4 is 4.74 Å². The van der Waals surface area contributed by atoms with Crippen LogP contribution in [0.5, 0.6) is 5.75 Å². The Morgan fingerprint density at radius 1 is 0.800 bits per heavy atom. The Balaban J connectivity index is 1.46. The van der Waals surface area contributed by atoms with Crippen molar-refractivity contribution in [2.75, 3.05) is 26.2 Å². The number of rotatable bonds is 5. The van der Waals surface area contributed by atoms with Gasteiger partial charge in [0.15, 0.2) is 0 Å². The first-order chi connectivity index (χ1) is 12.0. The minimum Gasteiger partial charge on any atom is -0.406 e. The molecule has 0 bridgehead atoms. The third-order valence-electron chi connectivity index (χ3n) is 4.18. The predicted octanol–water partition coefficient (Wildman–Crippen LogP) is 3.30. The van der Waals surface area contributed by atoms with Crippen LogP contribution in [0.4, 0.5) is 13.2 Å². The maximum absolute atomic E-state index is 12.2. The molecule has 4 nitrogen and oxygen atoms in total. The SMILES string of the molecule is FC(F)(F)Oc1ccc(CN2CCN(Cc3ccncc3)CC2)cc1. The summed E-state index contributed by atoms with van der Waals surface area (Å²) >= 11 is 0. The van der Waals surface area contributed by atoms with Crippen molar-refractivity contribution < 1.29 is 17.9 Å². The van der Waals surface area contributed by atoms with Crippen molar-refractivity contribution in [1.29, 1.82) is 0 Å². The van der Waals surface area contributed by atoms with Crippen LogP contribution in [0.3, 0.4) is 0 Å². The minimum atomic E-state index is -4.65. The zero-order chi connectivity index (χ0) is 17.7. The van der Waals surface area contributed by atoms with Crippen molar-refractivity contribution in [2.24, 2.45) is 0 Å². The summed E-state index contributed by atoms with van der Waals surface area (Å²) in [5.74, 6) is -0.182. The van der Waals surface area contributed by atoms with Crippen molar-refractivity contribution in [3.63, 3.8) is 0 Å². The maximum atomic E-state index is 12.2. The van der Waals surface area contributed by atoms with Gasteiger partial charge in [-0.15, -0.1) is 13.2 Å². The molecule has 25 heavy (non-hydrogen) atoms. The number of benzene rings is 1. The van der Waals surface area contributed by atoms with Gasteiger partial charge < -0.3 is 4.74 Å². The topological polar surface area (TPSA) is 28.6 Å². The molecule has 0 radical (unpaired) electrons. The van der Waals surface area contributed by atoms with Crippen LogP contribution in [-0.2, 0) is 13.1 Å². The summed E-state index contributed by atoms with van der Waals surface area (Å²) < 4.78 is 40.4. The van der Waals surface area contributed by atoms with E-state index in [0.29, 0.717) is 0 Å². The number of ether oxygens (including phenoxy) is 1. The van der Waals surface area contributed by atoms with Crippen LogP contribution >= 0.6 is 0 Å². The third kappa shape index (κ3) is 5.72. The summed E-state index contributed by atoms with van der Waals surface area (Å²) in [6.45, 7) is 5.46. The van der Waals surface area contributed by atoms with Gasteiger partial charge in [-0.3, -0.25) is 14.8 Å². The van der Waals surface area contributed by atoms with E-state index in [1.807, 2.05) is 12.1 Å². The molecule has 7 heteroatoms. The van der Waals surface area contributed by atoms with Gasteiger partial charge in [-0.2, -0.15) is 0 Å².